The number of aliphatic imine (C=N–C) groups is 1. The van der Waals surface area contributed by atoms with Crippen LogP contribution in [0.5, 0.6) is 5.75 Å². The molecule has 0 amide bonds. The summed E-state index contributed by atoms with van der Waals surface area (Å²) in [6.45, 7) is 7.79. The van der Waals surface area contributed by atoms with Crippen molar-refractivity contribution in [1.29, 1.82) is 0 Å². The smallest absolute Gasteiger partial charge is 0.191 e. The summed E-state index contributed by atoms with van der Waals surface area (Å²) < 4.78 is 11.3. The van der Waals surface area contributed by atoms with E-state index in [0.717, 1.165) is 62.3 Å². The van der Waals surface area contributed by atoms with Gasteiger partial charge in [0.2, 0.25) is 0 Å². The molecule has 2 aliphatic heterocycles. The predicted molar refractivity (Wildman–Crippen MR) is 125 cm³/mol. The minimum atomic E-state index is 0.196. The molecule has 0 spiro atoms. The molecule has 2 aromatic rings. The van der Waals surface area contributed by atoms with E-state index in [2.05, 4.69) is 45.6 Å². The fraction of sp³-hybridized carbons (Fsp3) is 0.542. The molecule has 4 rings (SSSR count). The summed E-state index contributed by atoms with van der Waals surface area (Å²) in [6, 6.07) is 12.8. The average Bonchev–Trinajstić information content (AvgIpc) is 3.57. The number of anilines is 1. The second-order valence-corrected chi connectivity index (χ2v) is 8.24. The van der Waals surface area contributed by atoms with E-state index in [1.54, 1.807) is 13.4 Å². The van der Waals surface area contributed by atoms with Gasteiger partial charge in [-0.25, -0.2) is 0 Å². The SMILES string of the molecule is CCNC(=NCC(c1ccco1)N1CCCC1)NC1CCN(c2ccccc2OC)C1. The number of benzene rings is 1. The van der Waals surface area contributed by atoms with Crippen molar-refractivity contribution >= 4 is 11.6 Å². The molecule has 1 aromatic heterocycles. The van der Waals surface area contributed by atoms with Crippen LogP contribution in [-0.4, -0.2) is 63.3 Å². The van der Waals surface area contributed by atoms with Gasteiger partial charge in [0.25, 0.3) is 0 Å². The Balaban J connectivity index is 1.41. The van der Waals surface area contributed by atoms with Crippen molar-refractivity contribution < 1.29 is 9.15 Å². The molecule has 2 fully saturated rings. The summed E-state index contributed by atoms with van der Waals surface area (Å²) >= 11 is 0. The number of para-hydroxylation sites is 2. The first-order valence-corrected chi connectivity index (χ1v) is 11.5. The van der Waals surface area contributed by atoms with Crippen molar-refractivity contribution in [3.05, 3.63) is 48.4 Å². The second kappa shape index (κ2) is 10.6. The number of methoxy groups -OCH3 is 1. The van der Waals surface area contributed by atoms with Gasteiger partial charge in [0, 0.05) is 25.7 Å². The zero-order valence-electron chi connectivity index (χ0n) is 18.7. The number of hydrogen-bond acceptors (Lipinski definition) is 5. The van der Waals surface area contributed by atoms with Crippen molar-refractivity contribution in [2.75, 3.05) is 51.3 Å². The molecule has 3 heterocycles. The number of nitrogens with zero attached hydrogens (tertiary/aromatic N) is 3. The molecule has 2 atom stereocenters. The zero-order valence-corrected chi connectivity index (χ0v) is 18.7. The van der Waals surface area contributed by atoms with Crippen LogP contribution in [0.1, 0.15) is 38.0 Å². The number of ether oxygens (including phenoxy) is 1. The van der Waals surface area contributed by atoms with E-state index in [1.807, 2.05) is 18.2 Å². The maximum Gasteiger partial charge on any atom is 0.191 e. The van der Waals surface area contributed by atoms with Gasteiger partial charge in [0.05, 0.1) is 31.6 Å². The number of likely N-dealkylation sites (tertiary alicyclic amines) is 1. The Morgan fingerprint density at radius 2 is 2.03 bits per heavy atom. The highest BCUT2D eigenvalue weighted by molar-refractivity contribution is 5.80. The molecule has 0 aliphatic carbocycles. The summed E-state index contributed by atoms with van der Waals surface area (Å²) in [5, 5.41) is 7.08. The molecule has 2 unspecified atom stereocenters. The third-order valence-corrected chi connectivity index (χ3v) is 6.17. The van der Waals surface area contributed by atoms with Crippen molar-refractivity contribution in [2.45, 2.75) is 38.3 Å². The van der Waals surface area contributed by atoms with Gasteiger partial charge in [0.1, 0.15) is 11.5 Å². The summed E-state index contributed by atoms with van der Waals surface area (Å²) in [6.07, 6.45) is 5.33. The average molecular weight is 426 g/mol. The van der Waals surface area contributed by atoms with Crippen LogP contribution < -0.4 is 20.3 Å². The normalized spacial score (nSPS) is 20.8. The van der Waals surface area contributed by atoms with Crippen LogP contribution in [0.25, 0.3) is 0 Å². The van der Waals surface area contributed by atoms with Gasteiger partial charge in [-0.3, -0.25) is 9.89 Å². The van der Waals surface area contributed by atoms with Gasteiger partial charge in [-0.15, -0.1) is 0 Å². The first-order valence-electron chi connectivity index (χ1n) is 11.5. The number of hydrogen-bond donors (Lipinski definition) is 2. The Hall–Kier alpha value is -2.67. The summed E-state index contributed by atoms with van der Waals surface area (Å²) in [4.78, 5) is 9.83. The molecule has 0 bridgehead atoms. The predicted octanol–water partition coefficient (Wildman–Crippen LogP) is 3.26. The molecule has 31 heavy (non-hydrogen) atoms. The van der Waals surface area contributed by atoms with Gasteiger partial charge in [-0.2, -0.15) is 0 Å². The number of furan rings is 1. The van der Waals surface area contributed by atoms with Crippen molar-refractivity contribution in [2.24, 2.45) is 4.99 Å². The van der Waals surface area contributed by atoms with Gasteiger partial charge >= 0.3 is 0 Å². The maximum absolute atomic E-state index is 5.75. The first kappa shape index (κ1) is 21.6. The van der Waals surface area contributed by atoms with Gasteiger partial charge in [-0.1, -0.05) is 12.1 Å². The van der Waals surface area contributed by atoms with Crippen LogP contribution in [0.15, 0.2) is 52.1 Å². The molecule has 1 aromatic carbocycles. The van der Waals surface area contributed by atoms with E-state index in [1.165, 1.54) is 12.8 Å². The summed E-state index contributed by atoms with van der Waals surface area (Å²) in [5.74, 6) is 2.81. The van der Waals surface area contributed by atoms with E-state index in [0.29, 0.717) is 12.6 Å². The first-order chi connectivity index (χ1) is 15.3. The molecule has 7 heteroatoms. The highest BCUT2D eigenvalue weighted by Gasteiger charge is 2.27. The molecule has 7 nitrogen and oxygen atoms in total. The largest absolute Gasteiger partial charge is 0.495 e. The fourth-order valence-corrected chi connectivity index (χ4v) is 4.60. The lowest BCUT2D eigenvalue weighted by molar-refractivity contribution is 0.221. The monoisotopic (exact) mass is 425 g/mol. The minimum absolute atomic E-state index is 0.196. The molecule has 0 saturated carbocycles. The topological polar surface area (TPSA) is 65.3 Å². The Bertz CT molecular complexity index is 832. The Labute approximate surface area is 185 Å². The molecular formula is C24H35N5O2. The Kier molecular flexibility index (Phi) is 7.35. The molecule has 2 N–H and O–H groups in total. The standard InChI is InChI=1S/C24H35N5O2/c1-3-25-24(26-17-21(23-11-8-16-31-23)28-13-6-7-14-28)27-19-12-15-29(18-19)20-9-4-5-10-22(20)30-2/h4-5,8-11,16,19,21H,3,6-7,12-15,17-18H2,1-2H3,(H2,25,26,27). The highest BCUT2D eigenvalue weighted by atomic mass is 16.5. The lowest BCUT2D eigenvalue weighted by Gasteiger charge is -2.25. The molecule has 168 valence electrons. The third-order valence-electron chi connectivity index (χ3n) is 6.17. The third kappa shape index (κ3) is 5.34. The van der Waals surface area contributed by atoms with E-state index in [9.17, 15) is 0 Å². The van der Waals surface area contributed by atoms with Gasteiger partial charge in [-0.05, 0) is 63.5 Å². The van der Waals surface area contributed by atoms with Crippen molar-refractivity contribution in [3.63, 3.8) is 0 Å². The van der Waals surface area contributed by atoms with Crippen LogP contribution in [0, 0.1) is 0 Å². The number of nitrogens with one attached hydrogen (secondary N) is 2. The van der Waals surface area contributed by atoms with E-state index < -0.39 is 0 Å². The van der Waals surface area contributed by atoms with Crippen LogP contribution >= 0.6 is 0 Å². The summed E-state index contributed by atoms with van der Waals surface area (Å²) in [5.41, 5.74) is 1.16. The van der Waals surface area contributed by atoms with E-state index in [-0.39, 0.29) is 6.04 Å². The van der Waals surface area contributed by atoms with E-state index >= 15 is 0 Å². The summed E-state index contributed by atoms with van der Waals surface area (Å²) in [7, 11) is 1.73. The van der Waals surface area contributed by atoms with Gasteiger partial charge < -0.3 is 24.7 Å². The van der Waals surface area contributed by atoms with Crippen LogP contribution in [-0.2, 0) is 0 Å². The Morgan fingerprint density at radius 3 is 2.77 bits per heavy atom. The quantitative estimate of drug-likeness (QED) is 0.500. The number of guanidine groups is 1. The second-order valence-electron chi connectivity index (χ2n) is 8.24. The van der Waals surface area contributed by atoms with Crippen LogP contribution in [0.4, 0.5) is 5.69 Å². The fourth-order valence-electron chi connectivity index (χ4n) is 4.60. The van der Waals surface area contributed by atoms with Crippen molar-refractivity contribution in [3.8, 4) is 5.75 Å². The maximum atomic E-state index is 5.75. The Morgan fingerprint density at radius 1 is 1.19 bits per heavy atom. The van der Waals surface area contributed by atoms with Gasteiger partial charge in [0.15, 0.2) is 5.96 Å². The van der Waals surface area contributed by atoms with Crippen LogP contribution in [0.3, 0.4) is 0 Å². The lowest BCUT2D eigenvalue weighted by Crippen LogP contribution is -2.45. The van der Waals surface area contributed by atoms with Crippen LogP contribution in [0.2, 0.25) is 0 Å². The molecular weight excluding hydrogens is 390 g/mol. The van der Waals surface area contributed by atoms with E-state index in [4.69, 9.17) is 14.1 Å². The molecule has 2 saturated heterocycles. The number of rotatable bonds is 8. The molecule has 0 radical (unpaired) electrons. The van der Waals surface area contributed by atoms with Crippen molar-refractivity contribution in [1.82, 2.24) is 15.5 Å². The minimum Gasteiger partial charge on any atom is -0.495 e. The molecule has 2 aliphatic rings. The zero-order chi connectivity index (χ0) is 21.5. The highest BCUT2D eigenvalue weighted by Crippen LogP contribution is 2.30. The lowest BCUT2D eigenvalue weighted by atomic mass is 10.2.